The molecule has 0 atom stereocenters. The van der Waals surface area contributed by atoms with E-state index in [2.05, 4.69) is 32.8 Å². The fraction of sp³-hybridized carbons (Fsp3) is 0.433. The van der Waals surface area contributed by atoms with E-state index >= 15 is 0 Å². The topological polar surface area (TPSA) is 89.3 Å². The highest BCUT2D eigenvalue weighted by molar-refractivity contribution is 6.33. The third kappa shape index (κ3) is 4.81. The summed E-state index contributed by atoms with van der Waals surface area (Å²) < 4.78 is 8.26. The first-order valence-electron chi connectivity index (χ1n) is 14.0. The summed E-state index contributed by atoms with van der Waals surface area (Å²) in [4.78, 5) is 35.9. The fourth-order valence-electron chi connectivity index (χ4n) is 5.44. The van der Waals surface area contributed by atoms with Crippen LogP contribution in [-0.2, 0) is 17.8 Å². The molecule has 0 bridgehead atoms. The van der Waals surface area contributed by atoms with Crippen molar-refractivity contribution >= 4 is 28.7 Å². The second-order valence-electron chi connectivity index (χ2n) is 11.6. The van der Waals surface area contributed by atoms with E-state index in [9.17, 15) is 4.79 Å². The van der Waals surface area contributed by atoms with Gasteiger partial charge in [0.25, 0.3) is 0 Å². The minimum absolute atomic E-state index is 0.143. The van der Waals surface area contributed by atoms with Crippen LogP contribution in [0.15, 0.2) is 42.9 Å². The Balaban J connectivity index is 1.19. The van der Waals surface area contributed by atoms with Crippen molar-refractivity contribution in [2.24, 2.45) is 0 Å². The van der Waals surface area contributed by atoms with Crippen LogP contribution in [0.25, 0.3) is 22.6 Å². The van der Waals surface area contributed by atoms with Gasteiger partial charge in [-0.15, -0.1) is 0 Å². The van der Waals surface area contributed by atoms with Crippen LogP contribution in [0.4, 0.5) is 0 Å². The molecule has 206 valence electrons. The molecule has 9 nitrogen and oxygen atoms in total. The first-order chi connectivity index (χ1) is 19.3. The van der Waals surface area contributed by atoms with Gasteiger partial charge in [0.2, 0.25) is 11.8 Å². The Hall–Kier alpha value is -3.56. The number of carbonyl (C=O) groups is 1. The Bertz CT molecular complexity index is 1610. The van der Waals surface area contributed by atoms with E-state index in [0.29, 0.717) is 46.9 Å². The lowest BCUT2D eigenvalue weighted by molar-refractivity contribution is -0.139. The molecule has 1 aromatic carbocycles. The van der Waals surface area contributed by atoms with Crippen molar-refractivity contribution in [3.05, 3.63) is 64.7 Å². The highest BCUT2D eigenvalue weighted by Gasteiger charge is 2.41. The molecule has 4 aromatic rings. The van der Waals surface area contributed by atoms with Crippen LogP contribution >= 0.6 is 11.6 Å². The van der Waals surface area contributed by atoms with Gasteiger partial charge in [-0.1, -0.05) is 17.7 Å². The number of benzene rings is 1. The van der Waals surface area contributed by atoms with Crippen LogP contribution in [0.5, 0.6) is 5.88 Å². The quantitative estimate of drug-likeness (QED) is 0.319. The number of hydrogen-bond donors (Lipinski definition) is 0. The summed E-state index contributed by atoms with van der Waals surface area (Å²) in [5.41, 5.74) is 4.72. The lowest BCUT2D eigenvalue weighted by atomic mass is 10.0. The Labute approximate surface area is 238 Å². The number of amides is 1. The first kappa shape index (κ1) is 25.4. The predicted octanol–water partition coefficient (Wildman–Crippen LogP) is 4.29. The van der Waals surface area contributed by atoms with Crippen molar-refractivity contribution in [2.75, 3.05) is 26.2 Å². The largest absolute Gasteiger partial charge is 0.470 e. The van der Waals surface area contributed by atoms with Crippen molar-refractivity contribution in [3.8, 4) is 17.3 Å². The van der Waals surface area contributed by atoms with Crippen LogP contribution in [-0.4, -0.2) is 78.0 Å². The molecule has 3 aromatic heterocycles. The minimum Gasteiger partial charge on any atom is -0.470 e. The lowest BCUT2D eigenvalue weighted by Crippen LogP contribution is -2.64. The molecule has 5 heterocycles. The number of rotatable bonds is 8. The van der Waals surface area contributed by atoms with E-state index in [1.807, 2.05) is 46.9 Å². The molecule has 1 amide bonds. The summed E-state index contributed by atoms with van der Waals surface area (Å²) >= 11 is 6.88. The maximum absolute atomic E-state index is 12.9. The van der Waals surface area contributed by atoms with Crippen molar-refractivity contribution in [1.82, 2.24) is 34.3 Å². The van der Waals surface area contributed by atoms with Gasteiger partial charge in [-0.05, 0) is 81.6 Å². The normalized spacial score (nSPS) is 18.4. The van der Waals surface area contributed by atoms with Gasteiger partial charge in [0.05, 0.1) is 23.7 Å². The average Bonchev–Trinajstić information content (AvgIpc) is 3.48. The number of ether oxygens (including phenoxy) is 1. The van der Waals surface area contributed by atoms with Crippen molar-refractivity contribution in [1.29, 1.82) is 0 Å². The third-order valence-electron chi connectivity index (χ3n) is 8.34. The second kappa shape index (κ2) is 9.82. The number of aryl methyl sites for hydroxylation is 1. The Morgan fingerprint density at radius 2 is 1.95 bits per heavy atom. The number of hydrogen-bond acceptors (Lipinski definition) is 7. The van der Waals surface area contributed by atoms with Gasteiger partial charge in [0.1, 0.15) is 17.8 Å². The molecule has 3 aliphatic rings. The lowest BCUT2D eigenvalue weighted by Gasteiger charge is -2.49. The van der Waals surface area contributed by atoms with Crippen LogP contribution in [0.3, 0.4) is 0 Å². The van der Waals surface area contributed by atoms with Crippen LogP contribution in [0.2, 0.25) is 5.02 Å². The minimum atomic E-state index is -0.207. The summed E-state index contributed by atoms with van der Waals surface area (Å²) in [6.45, 7) is 8.56. The molecule has 0 N–H and O–H groups in total. The zero-order valence-electron chi connectivity index (χ0n) is 22.8. The maximum Gasteiger partial charge on any atom is 0.245 e. The van der Waals surface area contributed by atoms with E-state index in [1.54, 1.807) is 0 Å². The van der Waals surface area contributed by atoms with E-state index in [0.717, 1.165) is 61.4 Å². The number of nitrogens with zero attached hydrogens (tertiary/aromatic N) is 7. The summed E-state index contributed by atoms with van der Waals surface area (Å²) in [5.74, 6) is 1.28. The number of imidazole rings is 1. The molecule has 40 heavy (non-hydrogen) atoms. The number of likely N-dealkylation sites (tertiary alicyclic amines) is 2. The van der Waals surface area contributed by atoms with Gasteiger partial charge in [-0.25, -0.2) is 9.97 Å². The Kier molecular flexibility index (Phi) is 6.24. The zero-order valence-corrected chi connectivity index (χ0v) is 23.6. The van der Waals surface area contributed by atoms with Gasteiger partial charge >= 0.3 is 0 Å². The molecule has 10 heteroatoms. The molecule has 0 radical (unpaired) electrons. The molecule has 0 spiro atoms. The molecular weight excluding hydrogens is 526 g/mol. The molecule has 1 aliphatic carbocycles. The fourth-order valence-corrected chi connectivity index (χ4v) is 5.72. The summed E-state index contributed by atoms with van der Waals surface area (Å²) in [7, 11) is 0. The average molecular weight is 558 g/mol. The SMILES string of the molecule is Cc1ccnc(Cn2c(-c3ccc(CC(=O)N4CC(N5CCC5)C4)cc3Cl)nc3c(OC4(C)CC4)ncnc32)c1. The van der Waals surface area contributed by atoms with E-state index in [4.69, 9.17) is 21.3 Å². The summed E-state index contributed by atoms with van der Waals surface area (Å²) in [5, 5.41) is 0.533. The molecule has 0 unspecified atom stereocenters. The number of pyridine rings is 1. The van der Waals surface area contributed by atoms with E-state index in [-0.39, 0.29) is 11.5 Å². The van der Waals surface area contributed by atoms with Crippen LogP contribution < -0.4 is 4.74 Å². The van der Waals surface area contributed by atoms with Gasteiger partial charge in [-0.2, -0.15) is 4.98 Å². The second-order valence-corrected chi connectivity index (χ2v) is 12.0. The Morgan fingerprint density at radius 3 is 2.65 bits per heavy atom. The first-order valence-corrected chi connectivity index (χ1v) is 14.4. The van der Waals surface area contributed by atoms with Crippen molar-refractivity contribution in [2.45, 2.75) is 57.7 Å². The third-order valence-corrected chi connectivity index (χ3v) is 8.65. The van der Waals surface area contributed by atoms with Gasteiger partial charge < -0.3 is 14.2 Å². The van der Waals surface area contributed by atoms with E-state index in [1.165, 1.54) is 12.7 Å². The smallest absolute Gasteiger partial charge is 0.245 e. The Morgan fingerprint density at radius 1 is 1.12 bits per heavy atom. The zero-order chi connectivity index (χ0) is 27.4. The molecule has 3 fully saturated rings. The van der Waals surface area contributed by atoms with Crippen LogP contribution in [0, 0.1) is 6.92 Å². The molecular formula is C30H32ClN7O2. The molecule has 2 aliphatic heterocycles. The maximum atomic E-state index is 12.9. The van der Waals surface area contributed by atoms with E-state index < -0.39 is 0 Å². The van der Waals surface area contributed by atoms with Crippen molar-refractivity contribution < 1.29 is 9.53 Å². The van der Waals surface area contributed by atoms with Crippen molar-refractivity contribution in [3.63, 3.8) is 0 Å². The summed E-state index contributed by atoms with van der Waals surface area (Å²) in [6.07, 6.45) is 6.91. The highest BCUT2D eigenvalue weighted by atomic mass is 35.5. The summed E-state index contributed by atoms with van der Waals surface area (Å²) in [6, 6.07) is 10.3. The molecule has 1 saturated carbocycles. The number of halogens is 1. The standard InChI is InChI=1S/C30H32ClN7O2/c1-19-6-9-32-21(12-19)15-38-27(35-26-28(38)33-18-34-29(26)40-30(2)7-8-30)23-5-4-20(13-24(23)31)14-25(39)37-16-22(17-37)36-10-3-11-36/h4-6,9,12-13,18,22H,3,7-8,10-11,14-17H2,1-2H3. The van der Waals surface area contributed by atoms with Gasteiger partial charge in [-0.3, -0.25) is 14.7 Å². The number of fused-ring (bicyclic) bond motifs is 1. The molecule has 7 rings (SSSR count). The molecule has 2 saturated heterocycles. The van der Waals surface area contributed by atoms with Gasteiger partial charge in [0, 0.05) is 30.9 Å². The number of carbonyl (C=O) groups excluding carboxylic acids is 1. The van der Waals surface area contributed by atoms with Crippen LogP contribution in [0.1, 0.15) is 43.0 Å². The number of aromatic nitrogens is 5. The highest BCUT2D eigenvalue weighted by Crippen LogP contribution is 2.41. The predicted molar refractivity (Wildman–Crippen MR) is 152 cm³/mol. The monoisotopic (exact) mass is 557 g/mol. The van der Waals surface area contributed by atoms with Gasteiger partial charge in [0.15, 0.2) is 11.2 Å².